The summed E-state index contributed by atoms with van der Waals surface area (Å²) in [6, 6.07) is 18.2. The quantitative estimate of drug-likeness (QED) is 0.258. The molecule has 2 aromatic carbocycles. The topological polar surface area (TPSA) is 43.8 Å². The Hall–Kier alpha value is -2.00. The molecule has 152 valence electrons. The fourth-order valence-corrected chi connectivity index (χ4v) is 3.63. The summed E-state index contributed by atoms with van der Waals surface area (Å²) in [5.41, 5.74) is 3.25. The van der Waals surface area contributed by atoms with Crippen LogP contribution < -0.4 is 19.1 Å². The lowest BCUT2D eigenvalue weighted by atomic mass is 10.1. The lowest BCUT2D eigenvalue weighted by molar-refractivity contribution is 0.396. The van der Waals surface area contributed by atoms with Crippen LogP contribution in [-0.4, -0.2) is 26.3 Å². The second-order valence-corrected chi connectivity index (χ2v) is 8.22. The number of hydrogen-bond acceptors (Lipinski definition) is 5. The minimum absolute atomic E-state index is 0.597. The van der Waals surface area contributed by atoms with E-state index in [0.29, 0.717) is 19.0 Å². The first-order chi connectivity index (χ1) is 14.0. The molecular weight excluding hydrogens is 547 g/mol. The summed E-state index contributed by atoms with van der Waals surface area (Å²) >= 11 is 5.79. The highest BCUT2D eigenvalue weighted by molar-refractivity contribution is 14.1. The zero-order valence-electron chi connectivity index (χ0n) is 16.5. The summed E-state index contributed by atoms with van der Waals surface area (Å²) < 4.78 is 17.9. The molecule has 3 aromatic rings. The fourth-order valence-electron chi connectivity index (χ4n) is 2.95. The normalized spacial score (nSPS) is 10.5. The number of aromatic nitrogens is 1. The van der Waals surface area contributed by atoms with Gasteiger partial charge >= 0.3 is 0 Å². The van der Waals surface area contributed by atoms with E-state index in [0.717, 1.165) is 36.5 Å². The van der Waals surface area contributed by atoms with Crippen LogP contribution in [0.3, 0.4) is 0 Å². The lowest BCUT2D eigenvalue weighted by Crippen LogP contribution is -2.23. The van der Waals surface area contributed by atoms with E-state index in [9.17, 15) is 0 Å². The van der Waals surface area contributed by atoms with E-state index in [1.165, 1.54) is 0 Å². The molecule has 0 aliphatic rings. The molecule has 0 saturated heterocycles. The molecule has 0 bridgehead atoms. The average Bonchev–Trinajstić information content (AvgIpc) is 2.76. The Morgan fingerprint density at radius 2 is 1.31 bits per heavy atom. The molecule has 0 radical (unpaired) electrons. The molecule has 3 rings (SSSR count). The number of ether oxygens (including phenoxy) is 3. The first-order valence-electron chi connectivity index (χ1n) is 8.95. The average molecular weight is 569 g/mol. The monoisotopic (exact) mass is 568 g/mol. The van der Waals surface area contributed by atoms with E-state index in [-0.39, 0.29) is 0 Å². The highest BCUT2D eigenvalue weighted by Crippen LogP contribution is 2.34. The van der Waals surface area contributed by atoms with Crippen LogP contribution in [0.2, 0.25) is 0 Å². The highest BCUT2D eigenvalue weighted by Gasteiger charge is 2.17. The molecule has 7 heteroatoms. The highest BCUT2D eigenvalue weighted by atomic mass is 127. The van der Waals surface area contributed by atoms with Crippen molar-refractivity contribution in [2.24, 2.45) is 0 Å². The summed E-state index contributed by atoms with van der Waals surface area (Å²) in [4.78, 5) is 6.83. The van der Waals surface area contributed by atoms with Crippen LogP contribution in [0.1, 0.15) is 11.1 Å². The van der Waals surface area contributed by atoms with Crippen molar-refractivity contribution in [2.75, 3.05) is 26.2 Å². The molecular formula is C22H22BrIN2O3. The summed E-state index contributed by atoms with van der Waals surface area (Å²) in [6.45, 7) is 1.39. The van der Waals surface area contributed by atoms with Gasteiger partial charge in [0.25, 0.3) is 0 Å². The second kappa shape index (κ2) is 10.2. The minimum atomic E-state index is 0.597. The SMILES string of the molecule is COc1ccc(CN(Cc2ccc(OC)cc2)c2cc(Br)c(I)nc2OC)cc1. The van der Waals surface area contributed by atoms with Gasteiger partial charge in [0.05, 0.1) is 25.8 Å². The van der Waals surface area contributed by atoms with Gasteiger partial charge in [-0.1, -0.05) is 24.3 Å². The molecule has 0 fully saturated rings. The second-order valence-electron chi connectivity index (χ2n) is 6.34. The van der Waals surface area contributed by atoms with Crippen LogP contribution in [0, 0.1) is 3.70 Å². The van der Waals surface area contributed by atoms with E-state index in [4.69, 9.17) is 14.2 Å². The Morgan fingerprint density at radius 3 is 1.72 bits per heavy atom. The van der Waals surface area contributed by atoms with Gasteiger partial charge < -0.3 is 19.1 Å². The summed E-state index contributed by atoms with van der Waals surface area (Å²) in [7, 11) is 4.99. The molecule has 1 aromatic heterocycles. The third kappa shape index (κ3) is 5.54. The maximum atomic E-state index is 5.59. The Morgan fingerprint density at radius 1 is 0.828 bits per heavy atom. The Bertz CT molecular complexity index is 900. The van der Waals surface area contributed by atoms with Crippen molar-refractivity contribution in [2.45, 2.75) is 13.1 Å². The van der Waals surface area contributed by atoms with Crippen molar-refractivity contribution in [3.63, 3.8) is 0 Å². The van der Waals surface area contributed by atoms with Gasteiger partial charge in [0, 0.05) is 13.1 Å². The van der Waals surface area contributed by atoms with Crippen molar-refractivity contribution < 1.29 is 14.2 Å². The van der Waals surface area contributed by atoms with Gasteiger partial charge in [0.2, 0.25) is 5.88 Å². The van der Waals surface area contributed by atoms with Gasteiger partial charge in [-0.3, -0.25) is 0 Å². The number of pyridine rings is 1. The van der Waals surface area contributed by atoms with Crippen molar-refractivity contribution in [3.8, 4) is 17.4 Å². The number of methoxy groups -OCH3 is 3. The third-order valence-electron chi connectivity index (χ3n) is 4.48. The number of nitrogens with zero attached hydrogens (tertiary/aromatic N) is 2. The zero-order valence-corrected chi connectivity index (χ0v) is 20.2. The Kier molecular flexibility index (Phi) is 7.60. The maximum absolute atomic E-state index is 5.59. The molecule has 0 N–H and O–H groups in total. The molecule has 0 unspecified atom stereocenters. The van der Waals surface area contributed by atoms with E-state index >= 15 is 0 Å². The number of rotatable bonds is 8. The first-order valence-corrected chi connectivity index (χ1v) is 10.8. The smallest absolute Gasteiger partial charge is 0.238 e. The predicted molar refractivity (Wildman–Crippen MR) is 127 cm³/mol. The third-order valence-corrected chi connectivity index (χ3v) is 6.65. The molecule has 29 heavy (non-hydrogen) atoms. The van der Waals surface area contributed by atoms with Crippen LogP contribution in [0.5, 0.6) is 17.4 Å². The van der Waals surface area contributed by atoms with Gasteiger partial charge in [0.15, 0.2) is 0 Å². The maximum Gasteiger partial charge on any atom is 0.238 e. The van der Waals surface area contributed by atoms with E-state index < -0.39 is 0 Å². The van der Waals surface area contributed by atoms with Crippen molar-refractivity contribution >= 4 is 44.2 Å². The van der Waals surface area contributed by atoms with Crippen LogP contribution in [0.25, 0.3) is 0 Å². The fraction of sp³-hybridized carbons (Fsp3) is 0.227. The number of benzene rings is 2. The lowest BCUT2D eigenvalue weighted by Gasteiger charge is -2.27. The van der Waals surface area contributed by atoms with Gasteiger partial charge in [-0.25, -0.2) is 4.98 Å². The Balaban J connectivity index is 1.96. The molecule has 0 saturated carbocycles. The molecule has 0 aliphatic heterocycles. The number of anilines is 1. The molecule has 1 heterocycles. The molecule has 0 spiro atoms. The largest absolute Gasteiger partial charge is 0.497 e. The number of hydrogen-bond donors (Lipinski definition) is 0. The van der Waals surface area contributed by atoms with E-state index in [2.05, 4.69) is 78.7 Å². The van der Waals surface area contributed by atoms with Gasteiger partial charge in [-0.05, 0) is 80.0 Å². The van der Waals surface area contributed by atoms with Gasteiger partial charge in [0.1, 0.15) is 20.9 Å². The molecule has 0 aliphatic carbocycles. The van der Waals surface area contributed by atoms with E-state index in [1.54, 1.807) is 21.3 Å². The molecule has 0 amide bonds. The summed E-state index contributed by atoms with van der Waals surface area (Å²) in [5.74, 6) is 2.28. The van der Waals surface area contributed by atoms with Gasteiger partial charge in [-0.2, -0.15) is 0 Å². The van der Waals surface area contributed by atoms with Crippen molar-refractivity contribution in [3.05, 3.63) is 73.9 Å². The van der Waals surface area contributed by atoms with Crippen LogP contribution in [0.4, 0.5) is 5.69 Å². The van der Waals surface area contributed by atoms with Crippen LogP contribution >= 0.6 is 38.5 Å². The summed E-state index contributed by atoms with van der Waals surface area (Å²) in [5, 5.41) is 0. The standard InChI is InChI=1S/C22H22BrIN2O3/c1-27-17-8-4-15(5-9-17)13-26(14-16-6-10-18(28-2)11-7-16)20-12-19(23)21(24)25-22(20)29-3/h4-12H,13-14H2,1-3H3. The van der Waals surface area contributed by atoms with Crippen molar-refractivity contribution in [1.82, 2.24) is 4.98 Å². The Labute approximate surface area is 193 Å². The number of halogens is 2. The molecule has 0 atom stereocenters. The predicted octanol–water partition coefficient (Wildman–Crippen LogP) is 5.68. The van der Waals surface area contributed by atoms with Crippen LogP contribution in [-0.2, 0) is 13.1 Å². The van der Waals surface area contributed by atoms with Crippen molar-refractivity contribution in [1.29, 1.82) is 0 Å². The zero-order chi connectivity index (χ0) is 20.8. The minimum Gasteiger partial charge on any atom is -0.497 e. The first kappa shape index (κ1) is 21.7. The van der Waals surface area contributed by atoms with E-state index in [1.807, 2.05) is 24.3 Å². The van der Waals surface area contributed by atoms with Crippen LogP contribution in [0.15, 0.2) is 59.1 Å². The van der Waals surface area contributed by atoms with Gasteiger partial charge in [-0.15, -0.1) is 0 Å². The summed E-state index contributed by atoms with van der Waals surface area (Å²) in [6.07, 6.45) is 0. The molecule has 5 nitrogen and oxygen atoms in total.